The predicted molar refractivity (Wildman–Crippen MR) is 68.6 cm³/mol. The van der Waals surface area contributed by atoms with Crippen molar-refractivity contribution in [2.24, 2.45) is 0 Å². The number of rotatable bonds is 4. The summed E-state index contributed by atoms with van der Waals surface area (Å²) in [5, 5.41) is 0. The second-order valence-corrected chi connectivity index (χ2v) is 3.64. The van der Waals surface area contributed by atoms with Crippen molar-refractivity contribution in [1.29, 1.82) is 0 Å². The van der Waals surface area contributed by atoms with Gasteiger partial charge in [-0.3, -0.25) is 4.89 Å². The zero-order valence-electron chi connectivity index (χ0n) is 9.84. The minimum Gasteiger partial charge on any atom is -0.293 e. The summed E-state index contributed by atoms with van der Waals surface area (Å²) in [5.41, 5.74) is 2.60. The minimum atomic E-state index is -0.515. The highest BCUT2D eigenvalue weighted by Crippen LogP contribution is 2.19. The van der Waals surface area contributed by atoms with Crippen LogP contribution in [0.4, 0.5) is 0 Å². The second-order valence-electron chi connectivity index (χ2n) is 3.64. The topological polar surface area (TPSA) is 35.5 Å². The van der Waals surface area contributed by atoms with Gasteiger partial charge in [0.1, 0.15) is 0 Å². The molecule has 1 radical (unpaired) electrons. The van der Waals surface area contributed by atoms with E-state index in [0.29, 0.717) is 5.56 Å². The molecular formula is C15H13O3. The van der Waals surface area contributed by atoms with Crippen molar-refractivity contribution in [1.82, 2.24) is 0 Å². The lowest BCUT2D eigenvalue weighted by molar-refractivity contribution is -0.232. The fourth-order valence-electron chi connectivity index (χ4n) is 1.57. The van der Waals surface area contributed by atoms with Gasteiger partial charge in [0.25, 0.3) is 0 Å². The average molecular weight is 241 g/mol. The molecular weight excluding hydrogens is 228 g/mol. The maximum absolute atomic E-state index is 11.5. The van der Waals surface area contributed by atoms with Crippen LogP contribution in [-0.2, 0) is 9.78 Å². The Morgan fingerprint density at radius 1 is 0.944 bits per heavy atom. The normalized spacial score (nSPS) is 10.1. The third-order valence-corrected chi connectivity index (χ3v) is 2.45. The SMILES string of the molecule is [CH2]COOC(=O)c1ccc(-c2ccccc2)cc1. The van der Waals surface area contributed by atoms with Gasteiger partial charge in [-0.2, -0.15) is 4.89 Å². The van der Waals surface area contributed by atoms with Crippen LogP contribution in [-0.4, -0.2) is 12.6 Å². The Kier molecular flexibility index (Phi) is 4.10. The van der Waals surface area contributed by atoms with Crippen LogP contribution in [0.15, 0.2) is 54.6 Å². The predicted octanol–water partition coefficient (Wildman–Crippen LogP) is 3.28. The van der Waals surface area contributed by atoms with Crippen molar-refractivity contribution >= 4 is 5.97 Å². The van der Waals surface area contributed by atoms with Crippen LogP contribution in [0.3, 0.4) is 0 Å². The summed E-state index contributed by atoms with van der Waals surface area (Å²) < 4.78 is 0. The molecule has 91 valence electrons. The molecule has 0 N–H and O–H groups in total. The number of hydrogen-bond donors (Lipinski definition) is 0. The molecule has 0 saturated heterocycles. The molecule has 2 rings (SSSR count). The highest BCUT2D eigenvalue weighted by molar-refractivity contribution is 5.89. The van der Waals surface area contributed by atoms with E-state index in [4.69, 9.17) is 0 Å². The van der Waals surface area contributed by atoms with Crippen LogP contribution >= 0.6 is 0 Å². The van der Waals surface area contributed by atoms with Crippen LogP contribution in [0, 0.1) is 6.92 Å². The van der Waals surface area contributed by atoms with Gasteiger partial charge in [0.2, 0.25) is 0 Å². The van der Waals surface area contributed by atoms with E-state index in [0.717, 1.165) is 11.1 Å². The Hall–Kier alpha value is -2.13. The van der Waals surface area contributed by atoms with Crippen molar-refractivity contribution < 1.29 is 14.6 Å². The van der Waals surface area contributed by atoms with E-state index in [1.807, 2.05) is 42.5 Å². The molecule has 0 unspecified atom stereocenters. The third kappa shape index (κ3) is 2.96. The quantitative estimate of drug-likeness (QED) is 0.608. The molecule has 0 amide bonds. The van der Waals surface area contributed by atoms with Crippen LogP contribution < -0.4 is 0 Å². The van der Waals surface area contributed by atoms with Gasteiger partial charge in [-0.1, -0.05) is 42.5 Å². The molecule has 0 heterocycles. The lowest BCUT2D eigenvalue weighted by atomic mass is 10.0. The molecule has 2 aromatic rings. The van der Waals surface area contributed by atoms with Gasteiger partial charge in [0.05, 0.1) is 12.2 Å². The number of carbonyl (C=O) groups is 1. The molecule has 0 fully saturated rings. The highest BCUT2D eigenvalue weighted by Gasteiger charge is 2.07. The molecule has 0 aromatic heterocycles. The molecule has 2 aromatic carbocycles. The molecule has 3 nitrogen and oxygen atoms in total. The van der Waals surface area contributed by atoms with E-state index in [1.165, 1.54) is 0 Å². The third-order valence-electron chi connectivity index (χ3n) is 2.45. The summed E-state index contributed by atoms with van der Waals surface area (Å²) in [5.74, 6) is -0.515. The summed E-state index contributed by atoms with van der Waals surface area (Å²) in [6.07, 6.45) is 0. The molecule has 0 atom stereocenters. The van der Waals surface area contributed by atoms with Gasteiger partial charge < -0.3 is 0 Å². The van der Waals surface area contributed by atoms with Crippen molar-refractivity contribution in [2.75, 3.05) is 6.61 Å². The standard InChI is InChI=1S/C15H13O3/c1-2-17-18-15(16)14-10-8-13(9-11-14)12-6-4-3-5-7-12/h3-11H,1-2H2. The van der Waals surface area contributed by atoms with Gasteiger partial charge in [0.15, 0.2) is 0 Å². The second kappa shape index (κ2) is 5.98. The summed E-state index contributed by atoms with van der Waals surface area (Å²) >= 11 is 0. The van der Waals surface area contributed by atoms with Gasteiger partial charge in [-0.15, -0.1) is 0 Å². The Bertz CT molecular complexity index is 503. The largest absolute Gasteiger partial charge is 0.373 e. The maximum atomic E-state index is 11.5. The fraction of sp³-hybridized carbons (Fsp3) is 0.0667. The number of benzene rings is 2. The average Bonchev–Trinajstić information content (AvgIpc) is 2.46. The molecule has 18 heavy (non-hydrogen) atoms. The summed E-state index contributed by atoms with van der Waals surface area (Å²) in [6, 6.07) is 17.1. The highest BCUT2D eigenvalue weighted by atomic mass is 17.2. The smallest absolute Gasteiger partial charge is 0.293 e. The molecule has 0 aliphatic heterocycles. The molecule has 0 saturated carbocycles. The first-order valence-electron chi connectivity index (χ1n) is 5.60. The first-order valence-corrected chi connectivity index (χ1v) is 5.60. The minimum absolute atomic E-state index is 0.0911. The van der Waals surface area contributed by atoms with E-state index in [9.17, 15) is 4.79 Å². The van der Waals surface area contributed by atoms with Gasteiger partial charge in [-0.25, -0.2) is 4.79 Å². The first-order chi connectivity index (χ1) is 8.81. The van der Waals surface area contributed by atoms with E-state index in [2.05, 4.69) is 16.7 Å². The summed E-state index contributed by atoms with van der Waals surface area (Å²) in [4.78, 5) is 20.5. The van der Waals surface area contributed by atoms with E-state index >= 15 is 0 Å². The molecule has 0 aliphatic carbocycles. The van der Waals surface area contributed by atoms with E-state index < -0.39 is 5.97 Å². The fourth-order valence-corrected chi connectivity index (χ4v) is 1.57. The van der Waals surface area contributed by atoms with Crippen molar-refractivity contribution in [3.8, 4) is 11.1 Å². The maximum Gasteiger partial charge on any atom is 0.373 e. The van der Waals surface area contributed by atoms with Crippen molar-refractivity contribution in [3.05, 3.63) is 67.1 Å². The Labute approximate surface area is 106 Å². The van der Waals surface area contributed by atoms with Gasteiger partial charge >= 0.3 is 5.97 Å². The van der Waals surface area contributed by atoms with Crippen LogP contribution in [0.1, 0.15) is 10.4 Å². The zero-order chi connectivity index (χ0) is 12.8. The lowest BCUT2D eigenvalue weighted by Gasteiger charge is -2.04. The molecule has 0 aliphatic rings. The van der Waals surface area contributed by atoms with Gasteiger partial charge in [-0.05, 0) is 30.2 Å². The number of hydrogen-bond acceptors (Lipinski definition) is 3. The summed E-state index contributed by atoms with van der Waals surface area (Å²) in [7, 11) is 0. The Balaban J connectivity index is 2.13. The monoisotopic (exact) mass is 241 g/mol. The summed E-state index contributed by atoms with van der Waals surface area (Å²) in [6.45, 7) is 3.50. The molecule has 0 spiro atoms. The lowest BCUT2D eigenvalue weighted by Crippen LogP contribution is -2.05. The first kappa shape index (κ1) is 12.3. The van der Waals surface area contributed by atoms with Crippen LogP contribution in [0.2, 0.25) is 0 Å². The Morgan fingerprint density at radius 3 is 2.17 bits per heavy atom. The number of carbonyl (C=O) groups excluding carboxylic acids is 1. The van der Waals surface area contributed by atoms with Crippen molar-refractivity contribution in [3.63, 3.8) is 0 Å². The Morgan fingerprint density at radius 2 is 1.56 bits per heavy atom. The van der Waals surface area contributed by atoms with Crippen LogP contribution in [0.25, 0.3) is 11.1 Å². The van der Waals surface area contributed by atoms with Crippen molar-refractivity contribution in [2.45, 2.75) is 0 Å². The zero-order valence-corrected chi connectivity index (χ0v) is 9.84. The molecule has 0 bridgehead atoms. The van der Waals surface area contributed by atoms with Crippen LogP contribution in [0.5, 0.6) is 0 Å². The van der Waals surface area contributed by atoms with Gasteiger partial charge in [0, 0.05) is 0 Å². The van der Waals surface area contributed by atoms with E-state index in [-0.39, 0.29) is 6.61 Å². The van der Waals surface area contributed by atoms with E-state index in [1.54, 1.807) is 12.1 Å². The molecule has 3 heteroatoms.